The van der Waals surface area contributed by atoms with E-state index in [9.17, 15) is 9.59 Å². The highest BCUT2D eigenvalue weighted by Gasteiger charge is 2.45. The summed E-state index contributed by atoms with van der Waals surface area (Å²) in [6.07, 6.45) is 3.43. The SMILES string of the molecule is CC(C)C[C@H](C(=O)CCc1ccc(Cl)c(Cl)c1)N1CCC(CSc2ccccc2)N2C[C@H](C)C[C@H]2C1=O. The van der Waals surface area contributed by atoms with Gasteiger partial charge in [-0.25, -0.2) is 0 Å². The Balaban J connectivity index is 1.50. The molecule has 2 aromatic rings. The van der Waals surface area contributed by atoms with Crippen molar-refractivity contribution in [2.75, 3.05) is 18.8 Å². The van der Waals surface area contributed by atoms with Crippen LogP contribution < -0.4 is 0 Å². The molecule has 2 saturated heterocycles. The van der Waals surface area contributed by atoms with E-state index in [0.29, 0.717) is 53.7 Å². The number of carbonyl (C=O) groups is 2. The number of carbonyl (C=O) groups excluding carboxylic acids is 2. The Morgan fingerprint density at radius 1 is 1.11 bits per heavy atom. The zero-order chi connectivity index (χ0) is 26.5. The van der Waals surface area contributed by atoms with Crippen LogP contribution in [0.1, 0.15) is 52.0 Å². The van der Waals surface area contributed by atoms with E-state index in [1.807, 2.05) is 34.9 Å². The Morgan fingerprint density at radius 3 is 2.57 bits per heavy atom. The van der Waals surface area contributed by atoms with Gasteiger partial charge in [0.1, 0.15) is 0 Å². The van der Waals surface area contributed by atoms with Gasteiger partial charge in [0.15, 0.2) is 5.78 Å². The molecular weight excluding hydrogens is 523 g/mol. The van der Waals surface area contributed by atoms with Crippen LogP contribution in [0.4, 0.5) is 0 Å². The Kier molecular flexibility index (Phi) is 10.0. The van der Waals surface area contributed by atoms with Crippen molar-refractivity contribution in [1.82, 2.24) is 9.80 Å². The number of hydrogen-bond donors (Lipinski definition) is 0. The molecule has 1 unspecified atom stereocenters. The summed E-state index contributed by atoms with van der Waals surface area (Å²) >= 11 is 14.1. The fourth-order valence-corrected chi connectivity index (χ4v) is 7.10. The van der Waals surface area contributed by atoms with Crippen LogP contribution in [0.15, 0.2) is 53.4 Å². The zero-order valence-corrected chi connectivity index (χ0v) is 24.4. The number of nitrogens with zero attached hydrogens (tertiary/aromatic N) is 2. The predicted octanol–water partition coefficient (Wildman–Crippen LogP) is 7.01. The Morgan fingerprint density at radius 2 is 1.86 bits per heavy atom. The normalized spacial score (nSPS) is 23.2. The summed E-state index contributed by atoms with van der Waals surface area (Å²) in [7, 11) is 0. The first kappa shape index (κ1) is 28.5. The number of Topliss-reactive ketones (excluding diaryl/α,β-unsaturated/α-hetero) is 1. The van der Waals surface area contributed by atoms with Gasteiger partial charge in [-0.15, -0.1) is 11.8 Å². The second kappa shape index (κ2) is 13.0. The maximum Gasteiger partial charge on any atom is 0.240 e. The number of hydrogen-bond acceptors (Lipinski definition) is 4. The molecule has 2 aliphatic heterocycles. The van der Waals surface area contributed by atoms with Crippen molar-refractivity contribution in [1.29, 1.82) is 0 Å². The molecule has 0 bridgehead atoms. The average molecular weight is 562 g/mol. The van der Waals surface area contributed by atoms with Gasteiger partial charge in [0.25, 0.3) is 0 Å². The second-order valence-corrected chi connectivity index (χ2v) is 12.9. The van der Waals surface area contributed by atoms with E-state index in [-0.39, 0.29) is 23.8 Å². The smallest absolute Gasteiger partial charge is 0.240 e. The van der Waals surface area contributed by atoms with Crippen LogP contribution in [0, 0.1) is 11.8 Å². The lowest BCUT2D eigenvalue weighted by Crippen LogP contribution is -2.51. The molecule has 2 heterocycles. The van der Waals surface area contributed by atoms with Crippen LogP contribution in [-0.2, 0) is 16.0 Å². The van der Waals surface area contributed by atoms with Crippen LogP contribution in [0.5, 0.6) is 0 Å². The number of amides is 1. The van der Waals surface area contributed by atoms with E-state index in [2.05, 4.69) is 49.9 Å². The van der Waals surface area contributed by atoms with Crippen molar-refractivity contribution in [3.05, 3.63) is 64.1 Å². The number of fused-ring (bicyclic) bond motifs is 1. The number of halogens is 2. The van der Waals surface area contributed by atoms with Crippen LogP contribution >= 0.6 is 35.0 Å². The van der Waals surface area contributed by atoms with E-state index < -0.39 is 0 Å². The molecule has 2 aliphatic rings. The monoisotopic (exact) mass is 560 g/mol. The quantitative estimate of drug-likeness (QED) is 0.293. The topological polar surface area (TPSA) is 40.6 Å². The first-order valence-electron chi connectivity index (χ1n) is 13.4. The van der Waals surface area contributed by atoms with E-state index >= 15 is 0 Å². The minimum absolute atomic E-state index is 0.128. The molecular formula is C30H38Cl2N2O2S. The molecule has 0 radical (unpaired) electrons. The molecule has 4 nitrogen and oxygen atoms in total. The molecule has 7 heteroatoms. The third kappa shape index (κ3) is 7.32. The summed E-state index contributed by atoms with van der Waals surface area (Å²) in [6.45, 7) is 8.08. The molecule has 0 saturated carbocycles. The summed E-state index contributed by atoms with van der Waals surface area (Å²) in [4.78, 5) is 33.3. The number of aryl methyl sites for hydroxylation is 1. The summed E-state index contributed by atoms with van der Waals surface area (Å²) in [6, 6.07) is 15.8. The molecule has 200 valence electrons. The Labute approximate surface area is 236 Å². The number of thioether (sulfide) groups is 1. The number of benzene rings is 2. The van der Waals surface area contributed by atoms with E-state index in [0.717, 1.165) is 30.7 Å². The van der Waals surface area contributed by atoms with Crippen LogP contribution in [0.25, 0.3) is 0 Å². The molecule has 0 N–H and O–H groups in total. The minimum Gasteiger partial charge on any atom is -0.331 e. The predicted molar refractivity (Wildman–Crippen MR) is 155 cm³/mol. The first-order valence-corrected chi connectivity index (χ1v) is 15.2. The van der Waals surface area contributed by atoms with Gasteiger partial charge in [0.05, 0.1) is 22.1 Å². The lowest BCUT2D eigenvalue weighted by atomic mass is 9.94. The summed E-state index contributed by atoms with van der Waals surface area (Å²) in [5, 5.41) is 1.02. The van der Waals surface area contributed by atoms with Gasteiger partial charge >= 0.3 is 0 Å². The van der Waals surface area contributed by atoms with Crippen molar-refractivity contribution in [2.24, 2.45) is 11.8 Å². The molecule has 1 amide bonds. The Hall–Kier alpha value is -1.53. The lowest BCUT2D eigenvalue weighted by molar-refractivity contribution is -0.142. The molecule has 4 rings (SSSR count). The highest BCUT2D eigenvalue weighted by molar-refractivity contribution is 7.99. The number of rotatable bonds is 10. The van der Waals surface area contributed by atoms with Gasteiger partial charge < -0.3 is 4.90 Å². The molecule has 0 spiro atoms. The molecule has 4 atom stereocenters. The molecule has 0 aromatic heterocycles. The fourth-order valence-electron chi connectivity index (χ4n) is 5.69. The second-order valence-electron chi connectivity index (χ2n) is 11.0. The van der Waals surface area contributed by atoms with Gasteiger partial charge in [0, 0.05) is 36.2 Å². The van der Waals surface area contributed by atoms with Crippen molar-refractivity contribution >= 4 is 46.7 Å². The highest BCUT2D eigenvalue weighted by Crippen LogP contribution is 2.34. The standard InChI is InChI=1S/C30H38Cl2N2O2S/c1-20(2)15-27(29(35)12-10-22-9-11-25(31)26(32)17-22)33-14-13-23(19-37-24-7-5-4-6-8-24)34-18-21(3)16-28(34)30(33)36/h4-9,11,17,20-21,23,27-28H,10,12-16,18-19H2,1-3H3/t21-,23?,27-,28+/m1/s1. The van der Waals surface area contributed by atoms with Gasteiger partial charge in [-0.2, -0.15) is 0 Å². The molecule has 37 heavy (non-hydrogen) atoms. The maximum atomic E-state index is 14.0. The average Bonchev–Trinajstić information content (AvgIpc) is 3.22. The van der Waals surface area contributed by atoms with E-state index in [1.165, 1.54) is 4.90 Å². The van der Waals surface area contributed by atoms with Crippen LogP contribution in [0.2, 0.25) is 10.0 Å². The van der Waals surface area contributed by atoms with Gasteiger partial charge in [-0.1, -0.05) is 68.2 Å². The van der Waals surface area contributed by atoms with Crippen molar-refractivity contribution in [2.45, 2.75) is 75.9 Å². The first-order chi connectivity index (χ1) is 17.7. The highest BCUT2D eigenvalue weighted by atomic mass is 35.5. The van der Waals surface area contributed by atoms with Crippen LogP contribution in [-0.4, -0.2) is 58.5 Å². The van der Waals surface area contributed by atoms with E-state index in [4.69, 9.17) is 23.2 Å². The summed E-state index contributed by atoms with van der Waals surface area (Å²) < 4.78 is 0. The lowest BCUT2D eigenvalue weighted by Gasteiger charge is -2.33. The summed E-state index contributed by atoms with van der Waals surface area (Å²) in [5.41, 5.74) is 0.988. The summed E-state index contributed by atoms with van der Waals surface area (Å²) in [5.74, 6) is 2.03. The molecule has 2 fully saturated rings. The maximum absolute atomic E-state index is 14.0. The van der Waals surface area contributed by atoms with E-state index in [1.54, 1.807) is 6.07 Å². The minimum atomic E-state index is -0.381. The van der Waals surface area contributed by atoms with Gasteiger partial charge in [0.2, 0.25) is 5.91 Å². The number of ketones is 1. The van der Waals surface area contributed by atoms with Crippen molar-refractivity contribution in [3.8, 4) is 0 Å². The third-order valence-corrected chi connectivity index (χ3v) is 9.46. The molecule has 0 aliphatic carbocycles. The van der Waals surface area contributed by atoms with Gasteiger partial charge in [-0.3, -0.25) is 14.5 Å². The molecule has 2 aromatic carbocycles. The fraction of sp³-hybridized carbons (Fsp3) is 0.533. The third-order valence-electron chi connectivity index (χ3n) is 7.56. The van der Waals surface area contributed by atoms with Crippen molar-refractivity contribution < 1.29 is 9.59 Å². The largest absolute Gasteiger partial charge is 0.331 e. The van der Waals surface area contributed by atoms with Crippen molar-refractivity contribution in [3.63, 3.8) is 0 Å². The zero-order valence-electron chi connectivity index (χ0n) is 22.0. The van der Waals surface area contributed by atoms with Gasteiger partial charge in [-0.05, 0) is 67.3 Å². The Bertz CT molecular complexity index is 1080. The van der Waals surface area contributed by atoms with Crippen LogP contribution in [0.3, 0.4) is 0 Å².